The van der Waals surface area contributed by atoms with Crippen molar-refractivity contribution in [3.63, 3.8) is 0 Å². The lowest BCUT2D eigenvalue weighted by Gasteiger charge is -2.22. The van der Waals surface area contributed by atoms with Gasteiger partial charge in [-0.2, -0.15) is 9.78 Å². The van der Waals surface area contributed by atoms with Crippen molar-refractivity contribution < 1.29 is 85.3 Å². The number of nitrogens with one attached hydrogen (secondary N) is 1. The summed E-state index contributed by atoms with van der Waals surface area (Å²) < 4.78 is 69.4. The van der Waals surface area contributed by atoms with Gasteiger partial charge in [0.05, 0.1) is 60.8 Å². The van der Waals surface area contributed by atoms with Crippen LogP contribution in [0.1, 0.15) is 275 Å². The second-order valence-electron chi connectivity index (χ2n) is 42.0. The van der Waals surface area contributed by atoms with E-state index in [-0.39, 0.29) is 54.5 Å². The summed E-state index contributed by atoms with van der Waals surface area (Å²) in [6, 6.07) is 24.4. The Morgan fingerprint density at radius 2 is 0.791 bits per heavy atom. The number of hydrogen-bond donors (Lipinski definition) is 4. The molecular weight excluding hydrogens is 1880 g/mol. The number of carbonyl (C=O) groups is 6. The van der Waals surface area contributed by atoms with Crippen LogP contribution >= 0.6 is 46.4 Å². The van der Waals surface area contributed by atoms with Gasteiger partial charge in [-0.15, -0.1) is 15.3 Å². The molecule has 0 radical (unpaired) electrons. The van der Waals surface area contributed by atoms with Gasteiger partial charge in [0.1, 0.15) is 43.0 Å². The molecule has 10 aliphatic carbocycles. The molecule has 1 aliphatic heterocycles. The zero-order valence-corrected chi connectivity index (χ0v) is 85.9. The molecule has 0 atom stereocenters. The summed E-state index contributed by atoms with van der Waals surface area (Å²) in [5.74, 6) is 15.3. The molecule has 8 heterocycles. The first kappa shape index (κ1) is 108. The maximum Gasteiger partial charge on any atom is 0.435 e. The lowest BCUT2D eigenvalue weighted by Crippen LogP contribution is -2.33. The number of nitrogens with two attached hydrogens (primary N) is 1. The number of ketones is 1. The number of aromatic amines is 1. The van der Waals surface area contributed by atoms with Crippen LogP contribution in [0.25, 0.3) is 11.6 Å². The van der Waals surface area contributed by atoms with Crippen molar-refractivity contribution in [2.24, 2.45) is 93.9 Å². The molecule has 8 aromatic rings. The highest BCUT2D eigenvalue weighted by molar-refractivity contribution is 7.89. The minimum absolute atomic E-state index is 0.0276. The van der Waals surface area contributed by atoms with Crippen LogP contribution < -0.4 is 24.1 Å². The number of rotatable bonds is 34. The van der Waals surface area contributed by atoms with E-state index in [1.807, 2.05) is 53.7 Å². The molecule has 1 aromatic carbocycles. The number of nitrogens with zero attached hydrogens (tertiary/aromatic N) is 11. The summed E-state index contributed by atoms with van der Waals surface area (Å²) in [6.45, 7) is 25.0. The molecule has 1 amide bonds. The SMILES string of the molecule is CC(C)(C)OC(=O)N1C=CC(=O)C1.CC(C)(C)OC(=O)c1ccc(-n2ccc(OCCC(C3CC3)C3CC3)n2)nc1Cl.CC(C)(C)OC(=O)c1ccc(Cl)nc1Cl.CC(C)(C)OC(=O)n1ccc(OCCC(C2CC2)C2CC2)n1.NS(=O)(=O)c1ccccc1.O=C(O)c1ccc(-n2ccc(OCCC(C3CC3)C3CC3)n2)nc1Cl.OCCC(C1CC1)C1CC1.c1cc(OCCC(C2CC2)C2CC2)[nH]n1. The lowest BCUT2D eigenvalue weighted by molar-refractivity contribution is -0.114. The summed E-state index contributed by atoms with van der Waals surface area (Å²) in [5, 5.41) is 42.5. The van der Waals surface area contributed by atoms with E-state index in [1.165, 1.54) is 192 Å². The van der Waals surface area contributed by atoms with Gasteiger partial charge in [-0.05, 0) is 387 Å². The Hall–Kier alpha value is -9.70. The van der Waals surface area contributed by atoms with Gasteiger partial charge >= 0.3 is 30.1 Å². The van der Waals surface area contributed by atoms with Gasteiger partial charge in [0, 0.05) is 55.7 Å². The largest absolute Gasteiger partial charge is 0.478 e. The van der Waals surface area contributed by atoms with Crippen molar-refractivity contribution >= 4 is 92.3 Å². The average molecular weight is 2020 g/mol. The van der Waals surface area contributed by atoms with E-state index in [2.05, 4.69) is 40.4 Å². The Labute approximate surface area is 836 Å². The van der Waals surface area contributed by atoms with E-state index in [0.29, 0.717) is 55.7 Å². The number of pyridine rings is 3. The van der Waals surface area contributed by atoms with Gasteiger partial charge in [0.25, 0.3) is 0 Å². The number of amides is 1. The van der Waals surface area contributed by atoms with Crippen LogP contribution in [0.5, 0.6) is 23.5 Å². The molecule has 0 saturated heterocycles. The molecule has 31 nitrogen and oxygen atoms in total. The number of primary sulfonamides is 1. The van der Waals surface area contributed by atoms with Crippen LogP contribution in [0.4, 0.5) is 9.59 Å². The first-order chi connectivity index (χ1) is 66.0. The summed E-state index contributed by atoms with van der Waals surface area (Å²) >= 11 is 23.5. The smallest absolute Gasteiger partial charge is 0.435 e. The number of carbonyl (C=O) groups excluding carboxylic acids is 5. The van der Waals surface area contributed by atoms with Crippen molar-refractivity contribution in [2.45, 2.75) is 271 Å². The molecule has 10 saturated carbocycles. The molecule has 19 rings (SSSR count). The van der Waals surface area contributed by atoms with Gasteiger partial charge in [-0.25, -0.2) is 66.9 Å². The van der Waals surface area contributed by atoms with E-state index >= 15 is 0 Å². The predicted molar refractivity (Wildman–Crippen MR) is 528 cm³/mol. The minimum atomic E-state index is -3.50. The van der Waals surface area contributed by atoms with Gasteiger partial charge in [0.2, 0.25) is 33.5 Å². The molecule has 0 unspecified atom stereocenters. The molecule has 10 fully saturated rings. The predicted octanol–water partition coefficient (Wildman–Crippen LogP) is 22.2. The van der Waals surface area contributed by atoms with Gasteiger partial charge in [0.15, 0.2) is 17.4 Å². The Bertz CT molecular complexity index is 5420. The fourth-order valence-corrected chi connectivity index (χ4v) is 18.6. The number of carboxylic acid groups (broad SMARTS) is 1. The normalized spacial score (nSPS) is 17.2. The third kappa shape index (κ3) is 38.3. The zero-order valence-electron chi connectivity index (χ0n) is 82.0. The number of H-pyrrole nitrogens is 1. The maximum atomic E-state index is 12.2. The second-order valence-corrected chi connectivity index (χ2v) is 45.0. The summed E-state index contributed by atoms with van der Waals surface area (Å²) in [4.78, 5) is 82.3. The molecule has 0 bridgehead atoms. The fourth-order valence-electron chi connectivity index (χ4n) is 17.2. The van der Waals surface area contributed by atoms with Crippen molar-refractivity contribution in [1.82, 2.24) is 59.4 Å². The molecule has 0 spiro atoms. The molecule has 758 valence electrons. The summed E-state index contributed by atoms with van der Waals surface area (Å²) in [6.07, 6.45) is 42.6. The van der Waals surface area contributed by atoms with Crippen molar-refractivity contribution in [1.29, 1.82) is 0 Å². The Morgan fingerprint density at radius 3 is 1.12 bits per heavy atom. The molecule has 7 aromatic heterocycles. The van der Waals surface area contributed by atoms with Crippen molar-refractivity contribution in [3.05, 3.63) is 165 Å². The Morgan fingerprint density at radius 1 is 0.439 bits per heavy atom. The van der Waals surface area contributed by atoms with Crippen LogP contribution in [0.3, 0.4) is 0 Å². The second kappa shape index (κ2) is 49.3. The monoisotopic (exact) mass is 2020 g/mol. The number of esters is 2. The first-order valence-corrected chi connectivity index (χ1v) is 52.2. The van der Waals surface area contributed by atoms with Crippen LogP contribution in [-0.2, 0) is 33.8 Å². The maximum absolute atomic E-state index is 12.2. The quantitative estimate of drug-likeness (QED) is 0.0165. The Balaban J connectivity index is 0.000000146. The number of aliphatic hydroxyl groups excluding tert-OH is 1. The summed E-state index contributed by atoms with van der Waals surface area (Å²) in [5.41, 5.74) is -1.76. The third-order valence-corrected chi connectivity index (χ3v) is 27.2. The van der Waals surface area contributed by atoms with Crippen LogP contribution in [-0.4, -0.2) is 176 Å². The lowest BCUT2D eigenvalue weighted by atomic mass is 9.95. The number of halogens is 4. The highest BCUT2D eigenvalue weighted by Gasteiger charge is 2.45. The number of aromatic carboxylic acids is 1. The van der Waals surface area contributed by atoms with Gasteiger partial charge in [-0.1, -0.05) is 64.6 Å². The van der Waals surface area contributed by atoms with E-state index in [4.69, 9.17) is 99.7 Å². The van der Waals surface area contributed by atoms with Crippen LogP contribution in [0.2, 0.25) is 20.6 Å². The van der Waals surface area contributed by atoms with Crippen molar-refractivity contribution in [3.8, 4) is 35.2 Å². The van der Waals surface area contributed by atoms with Gasteiger partial charge in [-0.3, -0.25) is 9.69 Å². The van der Waals surface area contributed by atoms with E-state index in [0.717, 1.165) is 127 Å². The number of benzene rings is 1. The molecule has 11 aliphatic rings. The topological polar surface area (TPSA) is 401 Å². The number of ether oxygens (including phenoxy) is 8. The molecular formula is C103H139Cl4N13O18S. The zero-order chi connectivity index (χ0) is 100. The highest BCUT2D eigenvalue weighted by Crippen LogP contribution is 2.55. The number of sulfonamides is 1. The van der Waals surface area contributed by atoms with Gasteiger partial charge < -0.3 is 48.1 Å². The van der Waals surface area contributed by atoms with E-state index in [9.17, 15) is 37.2 Å². The number of carboxylic acids is 1. The molecule has 139 heavy (non-hydrogen) atoms. The Kier molecular flexibility index (Phi) is 38.4. The average Bonchev–Trinajstić information content (AvgIpc) is 1.67. The van der Waals surface area contributed by atoms with Crippen LogP contribution in [0, 0.1) is 88.8 Å². The third-order valence-electron chi connectivity index (χ3n) is 25.2. The number of aromatic nitrogens is 11. The van der Waals surface area contributed by atoms with Crippen LogP contribution in [0.15, 0.2) is 133 Å². The molecule has 36 heteroatoms. The number of aliphatic hydroxyl groups is 1. The summed E-state index contributed by atoms with van der Waals surface area (Å²) in [7, 11) is -3.50. The number of hydrogen-bond acceptors (Lipinski definition) is 24. The van der Waals surface area contributed by atoms with E-state index in [1.54, 1.807) is 120 Å². The highest BCUT2D eigenvalue weighted by atomic mass is 35.5. The minimum Gasteiger partial charge on any atom is -0.478 e. The van der Waals surface area contributed by atoms with E-state index < -0.39 is 62.5 Å². The first-order valence-electron chi connectivity index (χ1n) is 49.1. The molecule has 5 N–H and O–H groups in total. The van der Waals surface area contributed by atoms with Crippen molar-refractivity contribution in [2.75, 3.05) is 39.6 Å². The fraction of sp³-hybridized carbons (Fsp3) is 0.602. The standard InChI is InChI=1S/C22H28ClN3O3.C18H20ClN3O3.C17H26N2O3.C12H18N2O.C10H11Cl2NO2.C9H13NO3.C9H16O.C6H7NO2S/c1-22(2,3)29-21(27)17-8-9-18(24-20(17)23)26-12-10-19(25-26)28-13-11-16(14-4-5-14)15-6-7-15;19-17-14(18(23)24)5-6-15(20-17)22-9-7-16(21-22)25-10-8-13(11-1-2-11)12-3-4-12;1-17(2,3)22-16(20)19-10-8-15(18-19)21-11-9-14(12-4-5-12)13-6-7-13;1-2-9(1)11(10-3-4-10)6-8-15-12-5-7-13-14-12;1-10(2,3)15-9(14)6-4-5-7(11)13-8(6)12;1-9(2,3)13-8(12)10-5-4-7(11)6-10;10-6-5-9(7-1-2-7)8-3-4-8;7-10(8,9)6-4-2-1-3-5-6/h8-10,12,14-16H,4-7,11,13H2,1-3H3;5-7,9,11-13H,1-4,8,10H2,(H,23,24);8,10,12-14H,4-7,9,11H2,1-3H3;5,7,9-11H,1-4,6,8H2,(H,13,14);4-5H,1-3H3;4-5H,6H2,1-3H3;7-10H,1-6H2;1-5H,(H2,7,8,9).